The summed E-state index contributed by atoms with van der Waals surface area (Å²) in [6.07, 6.45) is 0. The molecule has 0 bridgehead atoms. The maximum Gasteiger partial charge on any atom is 0.330 e. The quantitative estimate of drug-likeness (QED) is 0.782. The van der Waals surface area contributed by atoms with Gasteiger partial charge in [0.2, 0.25) is 0 Å². The first-order chi connectivity index (χ1) is 9.04. The Morgan fingerprint density at radius 2 is 2.21 bits per heavy atom. The number of anilines is 2. The molecule has 2 rings (SSSR count). The molecule has 2 aromatic heterocycles. The number of H-pyrrole nitrogens is 1. The van der Waals surface area contributed by atoms with E-state index < -0.39 is 11.2 Å². The molecule has 0 unspecified atom stereocenters. The zero-order valence-electron chi connectivity index (χ0n) is 10.8. The Balaban J connectivity index is 2.33. The fourth-order valence-electron chi connectivity index (χ4n) is 1.83. The van der Waals surface area contributed by atoms with Crippen LogP contribution in [-0.4, -0.2) is 9.55 Å². The number of nitrogens with zero attached hydrogens (tertiary/aromatic N) is 1. The largest absolute Gasteiger partial charge is 0.383 e. The lowest BCUT2D eigenvalue weighted by molar-refractivity contribution is 0.706. The van der Waals surface area contributed by atoms with Crippen molar-refractivity contribution in [2.24, 2.45) is 0 Å². The van der Waals surface area contributed by atoms with E-state index in [0.717, 1.165) is 10.4 Å². The van der Waals surface area contributed by atoms with Gasteiger partial charge in [-0.25, -0.2) is 4.79 Å². The summed E-state index contributed by atoms with van der Waals surface area (Å²) in [5.41, 5.74) is 6.30. The molecule has 4 N–H and O–H groups in total. The van der Waals surface area contributed by atoms with Gasteiger partial charge in [0.15, 0.2) is 0 Å². The number of thiophene rings is 1. The standard InChI is InChI=1S/C12H16N4O2S/c1-3-16-10(13)9(11(17)15-12(16)18)14-6-8-7(2)4-5-19-8/h4-5,14H,3,6,13H2,1-2H3,(H,15,17,18). The molecule has 0 aliphatic rings. The summed E-state index contributed by atoms with van der Waals surface area (Å²) >= 11 is 1.61. The zero-order chi connectivity index (χ0) is 14.0. The topological polar surface area (TPSA) is 92.9 Å². The van der Waals surface area contributed by atoms with E-state index in [4.69, 9.17) is 5.73 Å². The molecule has 19 heavy (non-hydrogen) atoms. The molecule has 0 amide bonds. The average molecular weight is 280 g/mol. The van der Waals surface area contributed by atoms with Crippen LogP contribution in [0.1, 0.15) is 17.4 Å². The second-order valence-electron chi connectivity index (χ2n) is 4.14. The van der Waals surface area contributed by atoms with Gasteiger partial charge in [-0.2, -0.15) is 0 Å². The summed E-state index contributed by atoms with van der Waals surface area (Å²) in [6.45, 7) is 4.73. The van der Waals surface area contributed by atoms with Gasteiger partial charge in [-0.3, -0.25) is 14.3 Å². The maximum absolute atomic E-state index is 11.8. The molecule has 0 saturated carbocycles. The highest BCUT2D eigenvalue weighted by Crippen LogP contribution is 2.18. The number of aromatic nitrogens is 2. The van der Waals surface area contributed by atoms with Crippen molar-refractivity contribution in [3.63, 3.8) is 0 Å². The number of nitrogens with one attached hydrogen (secondary N) is 2. The predicted molar refractivity (Wildman–Crippen MR) is 77.8 cm³/mol. The highest BCUT2D eigenvalue weighted by atomic mass is 32.1. The molecular weight excluding hydrogens is 264 g/mol. The van der Waals surface area contributed by atoms with Crippen LogP contribution in [0.3, 0.4) is 0 Å². The lowest BCUT2D eigenvalue weighted by Crippen LogP contribution is -2.33. The minimum Gasteiger partial charge on any atom is -0.383 e. The number of aromatic amines is 1. The van der Waals surface area contributed by atoms with Crippen molar-refractivity contribution in [2.75, 3.05) is 11.1 Å². The van der Waals surface area contributed by atoms with E-state index in [0.29, 0.717) is 13.1 Å². The van der Waals surface area contributed by atoms with Crippen LogP contribution >= 0.6 is 11.3 Å². The van der Waals surface area contributed by atoms with Crippen molar-refractivity contribution in [2.45, 2.75) is 26.9 Å². The van der Waals surface area contributed by atoms with Crippen molar-refractivity contribution in [3.05, 3.63) is 42.7 Å². The Morgan fingerprint density at radius 1 is 1.47 bits per heavy atom. The van der Waals surface area contributed by atoms with Crippen molar-refractivity contribution >= 4 is 22.8 Å². The van der Waals surface area contributed by atoms with Crippen LogP contribution in [0, 0.1) is 6.92 Å². The van der Waals surface area contributed by atoms with Gasteiger partial charge in [-0.15, -0.1) is 11.3 Å². The fourth-order valence-corrected chi connectivity index (χ4v) is 2.67. The molecule has 102 valence electrons. The van der Waals surface area contributed by atoms with Gasteiger partial charge >= 0.3 is 5.69 Å². The van der Waals surface area contributed by atoms with Gasteiger partial charge in [-0.1, -0.05) is 0 Å². The Hall–Kier alpha value is -2.02. The van der Waals surface area contributed by atoms with E-state index >= 15 is 0 Å². The van der Waals surface area contributed by atoms with Crippen LogP contribution in [-0.2, 0) is 13.1 Å². The van der Waals surface area contributed by atoms with Gasteiger partial charge in [0.25, 0.3) is 5.56 Å². The van der Waals surface area contributed by atoms with E-state index in [9.17, 15) is 9.59 Å². The molecule has 0 aliphatic heterocycles. The summed E-state index contributed by atoms with van der Waals surface area (Å²) in [5.74, 6) is 0.172. The monoisotopic (exact) mass is 280 g/mol. The molecule has 0 fully saturated rings. The van der Waals surface area contributed by atoms with Crippen LogP contribution in [0.5, 0.6) is 0 Å². The molecule has 0 atom stereocenters. The van der Waals surface area contributed by atoms with Gasteiger partial charge in [0.1, 0.15) is 11.5 Å². The second-order valence-corrected chi connectivity index (χ2v) is 5.14. The molecule has 6 nitrogen and oxygen atoms in total. The molecule has 0 saturated heterocycles. The smallest absolute Gasteiger partial charge is 0.330 e. The number of nitrogens with two attached hydrogens (primary N) is 1. The predicted octanol–water partition coefficient (Wildman–Crippen LogP) is 1.12. The molecule has 0 radical (unpaired) electrons. The van der Waals surface area contributed by atoms with Gasteiger partial charge < -0.3 is 11.1 Å². The fraction of sp³-hybridized carbons (Fsp3) is 0.333. The first-order valence-corrected chi connectivity index (χ1v) is 6.82. The summed E-state index contributed by atoms with van der Waals surface area (Å²) in [4.78, 5) is 26.7. The van der Waals surface area contributed by atoms with Gasteiger partial charge in [0, 0.05) is 18.0 Å². The van der Waals surface area contributed by atoms with E-state index in [2.05, 4.69) is 10.3 Å². The summed E-state index contributed by atoms with van der Waals surface area (Å²) < 4.78 is 1.32. The molecule has 0 aromatic carbocycles. The maximum atomic E-state index is 11.8. The number of nitrogen functional groups attached to an aromatic ring is 1. The Morgan fingerprint density at radius 3 is 2.79 bits per heavy atom. The highest BCUT2D eigenvalue weighted by Gasteiger charge is 2.11. The number of aryl methyl sites for hydroxylation is 1. The summed E-state index contributed by atoms with van der Waals surface area (Å²) in [7, 11) is 0. The van der Waals surface area contributed by atoms with Crippen LogP contribution in [0.4, 0.5) is 11.5 Å². The number of hydrogen-bond acceptors (Lipinski definition) is 5. The number of hydrogen-bond donors (Lipinski definition) is 3. The SMILES string of the molecule is CCn1c(N)c(NCc2sccc2C)c(=O)[nH]c1=O. The molecule has 0 spiro atoms. The Bertz CT molecular complexity index is 698. The summed E-state index contributed by atoms with van der Waals surface area (Å²) in [6, 6.07) is 2.02. The first kappa shape index (κ1) is 13.4. The lowest BCUT2D eigenvalue weighted by Gasteiger charge is -2.12. The van der Waals surface area contributed by atoms with Crippen molar-refractivity contribution in [1.29, 1.82) is 0 Å². The lowest BCUT2D eigenvalue weighted by atomic mass is 10.3. The molecular formula is C12H16N4O2S. The van der Waals surface area contributed by atoms with E-state index in [-0.39, 0.29) is 11.5 Å². The van der Waals surface area contributed by atoms with E-state index in [1.165, 1.54) is 4.57 Å². The van der Waals surface area contributed by atoms with E-state index in [1.54, 1.807) is 18.3 Å². The van der Waals surface area contributed by atoms with Crippen LogP contribution in [0.2, 0.25) is 0 Å². The third kappa shape index (κ3) is 2.55. The van der Waals surface area contributed by atoms with Crippen molar-refractivity contribution in [3.8, 4) is 0 Å². The average Bonchev–Trinajstić information content (AvgIpc) is 2.75. The normalized spacial score (nSPS) is 10.6. The molecule has 2 heterocycles. The Kier molecular flexibility index (Phi) is 3.75. The molecule has 0 aliphatic carbocycles. The molecule has 7 heteroatoms. The minimum atomic E-state index is -0.485. The third-order valence-corrected chi connectivity index (χ3v) is 3.97. The van der Waals surface area contributed by atoms with Crippen LogP contribution < -0.4 is 22.3 Å². The van der Waals surface area contributed by atoms with E-state index in [1.807, 2.05) is 18.4 Å². The van der Waals surface area contributed by atoms with Crippen molar-refractivity contribution < 1.29 is 0 Å². The Labute approximate surface area is 113 Å². The second kappa shape index (κ2) is 5.31. The first-order valence-electron chi connectivity index (χ1n) is 5.94. The summed E-state index contributed by atoms with van der Waals surface area (Å²) in [5, 5.41) is 5.00. The van der Waals surface area contributed by atoms with Gasteiger partial charge in [-0.05, 0) is 30.9 Å². The highest BCUT2D eigenvalue weighted by molar-refractivity contribution is 7.10. The van der Waals surface area contributed by atoms with Crippen molar-refractivity contribution in [1.82, 2.24) is 9.55 Å². The van der Waals surface area contributed by atoms with Gasteiger partial charge in [0.05, 0.1) is 0 Å². The van der Waals surface area contributed by atoms with Crippen LogP contribution in [0.25, 0.3) is 0 Å². The third-order valence-electron chi connectivity index (χ3n) is 2.95. The molecule has 2 aromatic rings. The zero-order valence-corrected chi connectivity index (χ0v) is 11.6. The minimum absolute atomic E-state index is 0.172. The van der Waals surface area contributed by atoms with Crippen LogP contribution in [0.15, 0.2) is 21.0 Å². The number of rotatable bonds is 4.